The lowest BCUT2D eigenvalue weighted by Gasteiger charge is -2.46. The monoisotopic (exact) mass is 880 g/mol. The Kier molecular flexibility index (Phi) is 8.70. The lowest BCUT2D eigenvalue weighted by atomic mass is 9.43. The van der Waals surface area contributed by atoms with Gasteiger partial charge in [-0.25, -0.2) is 0 Å². The summed E-state index contributed by atoms with van der Waals surface area (Å²) in [6.45, 7) is 13.6. The summed E-state index contributed by atoms with van der Waals surface area (Å²) < 4.78 is 9.71. The van der Waals surface area contributed by atoms with Crippen LogP contribution in [0.15, 0.2) is 192 Å². The van der Waals surface area contributed by atoms with Gasteiger partial charge in [0.05, 0.1) is 11.4 Å². The van der Waals surface area contributed by atoms with E-state index in [0.29, 0.717) is 0 Å². The summed E-state index contributed by atoms with van der Waals surface area (Å²) in [5.41, 5.74) is 19.9. The van der Waals surface area contributed by atoms with Crippen LogP contribution in [0, 0.1) is 0 Å². The number of anilines is 5. The molecular weight excluding hydrogens is 832 g/mol. The summed E-state index contributed by atoms with van der Waals surface area (Å²) in [5, 5.41) is 4.80. The van der Waals surface area contributed by atoms with Crippen molar-refractivity contribution in [3.8, 4) is 33.4 Å². The quantitative estimate of drug-likeness (QED) is 0.164. The molecule has 322 valence electrons. The number of rotatable bonds is 4. The second kappa shape index (κ2) is 14.6. The van der Waals surface area contributed by atoms with Crippen LogP contribution in [0.3, 0.4) is 0 Å². The number of hydrogen-bond donors (Lipinski definition) is 0. The van der Waals surface area contributed by atoms with Gasteiger partial charge >= 0.3 is 6.85 Å². The van der Waals surface area contributed by atoms with Gasteiger partial charge in [0.2, 0.25) is 0 Å². The van der Waals surface area contributed by atoms with Gasteiger partial charge < -0.3 is 14.1 Å². The Hall–Kier alpha value is -7.34. The van der Waals surface area contributed by atoms with Gasteiger partial charge in [0.25, 0.3) is 0 Å². The largest absolute Gasteiger partial charge is 0.455 e. The molecule has 0 saturated heterocycles. The third-order valence-corrected chi connectivity index (χ3v) is 15.5. The first-order valence-corrected chi connectivity index (χ1v) is 24.3. The molecule has 0 aliphatic carbocycles. The van der Waals surface area contributed by atoms with E-state index in [1.54, 1.807) is 0 Å². The second-order valence-electron chi connectivity index (χ2n) is 20.5. The highest BCUT2D eigenvalue weighted by Gasteiger charge is 2.48. The molecule has 67 heavy (non-hydrogen) atoms. The molecule has 0 radical (unpaired) electrons. The molecule has 9 aromatic carbocycles. The molecule has 13 rings (SSSR count). The van der Waals surface area contributed by atoms with Gasteiger partial charge in [0.15, 0.2) is 0 Å². The molecule has 4 heterocycles. The van der Waals surface area contributed by atoms with Crippen molar-refractivity contribution in [1.82, 2.24) is 0 Å². The van der Waals surface area contributed by atoms with Crippen LogP contribution >= 0.6 is 11.3 Å². The fourth-order valence-corrected chi connectivity index (χ4v) is 12.1. The summed E-state index contributed by atoms with van der Waals surface area (Å²) >= 11 is 1.89. The Morgan fingerprint density at radius 1 is 0.478 bits per heavy atom. The Bertz CT molecular complexity index is 3780. The minimum atomic E-state index is -0.204. The first-order chi connectivity index (χ1) is 32.5. The molecule has 3 nitrogen and oxygen atoms in total. The topological polar surface area (TPSA) is 19.6 Å². The Morgan fingerprint density at radius 3 is 1.90 bits per heavy atom. The number of furan rings is 1. The standard InChI is InChI=1S/C62H49BN2OS/c1-61(2,3)41-26-29-43(30-27-41)65-51-35-40(38-17-9-7-10-18-38)25-31-45(51)57-58-52(37-48-44-21-13-15-23-53(44)66-60(48)57)64(50-33-28-42(62(4,5)6)36-47(50)39-19-11-8-12-20-39)59-49(63(58)65)32-34-55-56(59)46-22-14-16-24-54(46)67-55/h7-37H,1-6H3. The molecule has 0 unspecified atom stereocenters. The molecule has 0 bridgehead atoms. The molecule has 0 atom stereocenters. The summed E-state index contributed by atoms with van der Waals surface area (Å²) in [6.07, 6.45) is 0. The van der Waals surface area contributed by atoms with E-state index in [2.05, 4.69) is 239 Å². The lowest BCUT2D eigenvalue weighted by Crippen LogP contribution is -2.61. The first kappa shape index (κ1) is 40.0. The molecule has 0 amide bonds. The maximum Gasteiger partial charge on any atom is 0.333 e. The van der Waals surface area contributed by atoms with Gasteiger partial charge in [-0.2, -0.15) is 0 Å². The van der Waals surface area contributed by atoms with E-state index >= 15 is 0 Å². The zero-order valence-electron chi connectivity index (χ0n) is 38.7. The zero-order valence-corrected chi connectivity index (χ0v) is 39.5. The van der Waals surface area contributed by atoms with E-state index in [-0.39, 0.29) is 17.7 Å². The third-order valence-electron chi connectivity index (χ3n) is 14.4. The van der Waals surface area contributed by atoms with Gasteiger partial charge in [-0.3, -0.25) is 0 Å². The highest BCUT2D eigenvalue weighted by molar-refractivity contribution is 7.26. The number of fused-ring (bicyclic) bond motifs is 12. The van der Waals surface area contributed by atoms with Crippen LogP contribution in [0.4, 0.5) is 28.4 Å². The van der Waals surface area contributed by atoms with E-state index in [9.17, 15) is 0 Å². The third kappa shape index (κ3) is 6.10. The van der Waals surface area contributed by atoms with E-state index in [4.69, 9.17) is 4.42 Å². The van der Waals surface area contributed by atoms with E-state index in [1.807, 2.05) is 11.3 Å². The molecule has 0 spiro atoms. The predicted octanol–water partition coefficient (Wildman–Crippen LogP) is 16.6. The fourth-order valence-electron chi connectivity index (χ4n) is 11.0. The molecule has 2 aliphatic heterocycles. The van der Waals surface area contributed by atoms with Gasteiger partial charge in [0.1, 0.15) is 11.2 Å². The second-order valence-corrected chi connectivity index (χ2v) is 21.6. The van der Waals surface area contributed by atoms with Gasteiger partial charge in [-0.05, 0) is 104 Å². The number of hydrogen-bond acceptors (Lipinski definition) is 4. The summed E-state index contributed by atoms with van der Waals surface area (Å²) in [5.74, 6) is 0. The molecule has 0 N–H and O–H groups in total. The van der Waals surface area contributed by atoms with E-state index in [0.717, 1.165) is 50.1 Å². The molecule has 5 heteroatoms. The van der Waals surface area contributed by atoms with Gasteiger partial charge in [0, 0.05) is 64.7 Å². The number of nitrogens with zero attached hydrogens (tertiary/aromatic N) is 2. The van der Waals surface area contributed by atoms with Crippen LogP contribution in [0.25, 0.3) is 75.5 Å². The molecule has 11 aromatic rings. The summed E-state index contributed by atoms with van der Waals surface area (Å²) in [6, 6.07) is 70.3. The predicted molar refractivity (Wildman–Crippen MR) is 289 cm³/mol. The van der Waals surface area contributed by atoms with Crippen molar-refractivity contribution < 1.29 is 4.42 Å². The van der Waals surface area contributed by atoms with Crippen molar-refractivity contribution in [2.24, 2.45) is 0 Å². The Balaban J connectivity index is 1.23. The minimum absolute atomic E-state index is 0.00797. The molecule has 2 aliphatic rings. The maximum absolute atomic E-state index is 7.14. The maximum atomic E-state index is 7.14. The van der Waals surface area contributed by atoms with Gasteiger partial charge in [-0.1, -0.05) is 175 Å². The van der Waals surface area contributed by atoms with E-state index in [1.165, 1.54) is 75.9 Å². The Morgan fingerprint density at radius 2 is 1.15 bits per heavy atom. The van der Waals surface area contributed by atoms with Crippen molar-refractivity contribution in [2.75, 3.05) is 9.71 Å². The molecule has 0 saturated carbocycles. The average Bonchev–Trinajstić information content (AvgIpc) is 3.92. The SMILES string of the molecule is CC(C)(C)c1ccc(N2B3c4ccc5sc6ccccc6c5c4N(c4ccc(C(C)(C)C)cc4-c4ccccc4)c4cc5c(oc6ccccc65)c(c43)-c3ccc(-c4ccccc4)cc32)cc1. The highest BCUT2D eigenvalue weighted by atomic mass is 32.1. The average molecular weight is 881 g/mol. The normalized spacial score (nSPS) is 13.4. The van der Waals surface area contributed by atoms with Gasteiger partial charge in [-0.15, -0.1) is 11.3 Å². The van der Waals surface area contributed by atoms with Crippen molar-refractivity contribution in [2.45, 2.75) is 52.4 Å². The van der Waals surface area contributed by atoms with Crippen molar-refractivity contribution in [3.05, 3.63) is 199 Å². The first-order valence-electron chi connectivity index (χ1n) is 23.5. The number of thiophene rings is 1. The summed E-state index contributed by atoms with van der Waals surface area (Å²) in [7, 11) is 0. The number of para-hydroxylation sites is 1. The van der Waals surface area contributed by atoms with Crippen LogP contribution < -0.4 is 20.6 Å². The van der Waals surface area contributed by atoms with Crippen LogP contribution in [-0.2, 0) is 10.8 Å². The Labute approximate surface area is 396 Å². The van der Waals surface area contributed by atoms with Crippen LogP contribution in [0.5, 0.6) is 0 Å². The minimum Gasteiger partial charge on any atom is -0.455 e. The lowest BCUT2D eigenvalue weighted by molar-refractivity contribution is 0.590. The zero-order chi connectivity index (χ0) is 45.3. The van der Waals surface area contributed by atoms with Crippen LogP contribution in [0.2, 0.25) is 0 Å². The molecular formula is C62H49BN2OS. The highest BCUT2D eigenvalue weighted by Crippen LogP contribution is 2.55. The van der Waals surface area contributed by atoms with Crippen molar-refractivity contribution in [3.63, 3.8) is 0 Å². The number of benzene rings is 9. The van der Waals surface area contributed by atoms with E-state index < -0.39 is 0 Å². The van der Waals surface area contributed by atoms with Crippen molar-refractivity contribution in [1.29, 1.82) is 0 Å². The van der Waals surface area contributed by atoms with Crippen molar-refractivity contribution >= 4 is 99.7 Å². The van der Waals surface area contributed by atoms with Crippen LogP contribution in [-0.4, -0.2) is 6.85 Å². The fraction of sp³-hybridized carbons (Fsp3) is 0.129. The smallest absolute Gasteiger partial charge is 0.333 e. The van der Waals surface area contributed by atoms with Crippen LogP contribution in [0.1, 0.15) is 52.7 Å². The molecule has 2 aromatic heterocycles. The molecule has 0 fully saturated rings. The summed E-state index contributed by atoms with van der Waals surface area (Å²) in [4.78, 5) is 5.29.